The van der Waals surface area contributed by atoms with E-state index in [1.807, 2.05) is 18.2 Å². The highest BCUT2D eigenvalue weighted by Crippen LogP contribution is 2.37. The second-order valence-corrected chi connectivity index (χ2v) is 11.5. The molecule has 2 rings (SSSR count). The van der Waals surface area contributed by atoms with Gasteiger partial charge in [-0.3, -0.25) is 9.59 Å². The molecule has 1 atom stereocenters. The average Bonchev–Trinajstić information content (AvgIpc) is 2.83. The van der Waals surface area contributed by atoms with Crippen molar-refractivity contribution in [1.82, 2.24) is 0 Å². The Morgan fingerprint density at radius 2 is 1.78 bits per heavy atom. The highest BCUT2D eigenvalue weighted by Gasteiger charge is 2.23. The molecule has 0 aromatic heterocycles. The lowest BCUT2D eigenvalue weighted by Crippen LogP contribution is -2.21. The summed E-state index contributed by atoms with van der Waals surface area (Å²) in [6.07, 6.45) is 4.78. The number of hydrogen-bond acceptors (Lipinski definition) is 5. The number of carbonyl (C=O) groups excluding carboxylic acids is 2. The van der Waals surface area contributed by atoms with Crippen LogP contribution in [0.5, 0.6) is 5.75 Å². The third-order valence-corrected chi connectivity index (χ3v) is 7.16. The third kappa shape index (κ3) is 8.88. The predicted octanol–water partition coefficient (Wildman–Crippen LogP) is 7.51. The molecule has 0 aliphatic rings. The van der Waals surface area contributed by atoms with Gasteiger partial charge in [-0.25, -0.2) is 0 Å². The summed E-state index contributed by atoms with van der Waals surface area (Å²) in [5, 5.41) is 3.17. The van der Waals surface area contributed by atoms with Crippen LogP contribution >= 0.6 is 11.8 Å². The molecule has 198 valence electrons. The molecule has 0 spiro atoms. The Hall–Kier alpha value is -2.47. The van der Waals surface area contributed by atoms with Crippen molar-refractivity contribution < 1.29 is 19.1 Å². The summed E-state index contributed by atoms with van der Waals surface area (Å²) in [5.41, 5.74) is 3.52. The molecule has 0 fully saturated rings. The van der Waals surface area contributed by atoms with Crippen LogP contribution in [0.1, 0.15) is 89.3 Å². The van der Waals surface area contributed by atoms with E-state index in [0.717, 1.165) is 59.6 Å². The van der Waals surface area contributed by atoms with Gasteiger partial charge in [0.2, 0.25) is 5.91 Å². The lowest BCUT2D eigenvalue weighted by Gasteiger charge is -2.25. The van der Waals surface area contributed by atoms with E-state index in [2.05, 4.69) is 58.1 Å². The first kappa shape index (κ1) is 29.8. The fourth-order valence-electron chi connectivity index (χ4n) is 4.42. The van der Waals surface area contributed by atoms with Crippen LogP contribution < -0.4 is 10.1 Å². The summed E-state index contributed by atoms with van der Waals surface area (Å²) in [7, 11) is 3.08. The molecular weight excluding hydrogens is 470 g/mol. The first-order valence-corrected chi connectivity index (χ1v) is 13.9. The molecular formula is C30H43NO4S. The molecule has 6 heteroatoms. The molecule has 0 heterocycles. The first-order chi connectivity index (χ1) is 17.1. The lowest BCUT2D eigenvalue weighted by molar-refractivity contribution is -0.139. The summed E-state index contributed by atoms with van der Waals surface area (Å²) < 4.78 is 10.6. The number of hydrogen-bond donors (Lipinski definition) is 1. The molecule has 1 amide bonds. The molecule has 0 bridgehead atoms. The van der Waals surface area contributed by atoms with Gasteiger partial charge in [0.15, 0.2) is 0 Å². The number of carbonyl (C=O) groups is 2. The largest absolute Gasteiger partial charge is 0.496 e. The Morgan fingerprint density at radius 3 is 2.39 bits per heavy atom. The van der Waals surface area contributed by atoms with Crippen molar-refractivity contribution in [2.45, 2.75) is 89.4 Å². The molecule has 0 aliphatic carbocycles. The van der Waals surface area contributed by atoms with E-state index < -0.39 is 0 Å². The van der Waals surface area contributed by atoms with Crippen molar-refractivity contribution >= 4 is 29.3 Å². The highest BCUT2D eigenvalue weighted by molar-refractivity contribution is 7.99. The molecule has 1 N–H and O–H groups in total. The summed E-state index contributed by atoms with van der Waals surface area (Å²) in [6.45, 7) is 10.7. The Kier molecular flexibility index (Phi) is 11.8. The first-order valence-electron chi connectivity index (χ1n) is 12.9. The number of nitrogens with one attached hydrogen (secondary N) is 1. The SMILES string of the molecule is CCCCCC(CC(=O)Nc1cc(CC(=O)OC)ccc1C(C)(C)C)c1ccc(SCC)cc1OC. The number of methoxy groups -OCH3 is 2. The molecule has 0 saturated carbocycles. The minimum absolute atomic E-state index is 0.0359. The van der Waals surface area contributed by atoms with E-state index in [1.54, 1.807) is 18.9 Å². The maximum Gasteiger partial charge on any atom is 0.309 e. The summed E-state index contributed by atoms with van der Waals surface area (Å²) in [4.78, 5) is 26.4. The van der Waals surface area contributed by atoms with Gasteiger partial charge in [0.05, 0.1) is 20.6 Å². The molecule has 0 saturated heterocycles. The molecule has 0 aliphatic heterocycles. The molecule has 0 radical (unpaired) electrons. The Balaban J connectivity index is 2.33. The van der Waals surface area contributed by atoms with E-state index in [0.29, 0.717) is 6.42 Å². The van der Waals surface area contributed by atoms with Gasteiger partial charge in [0, 0.05) is 17.0 Å². The number of esters is 1. The minimum Gasteiger partial charge on any atom is -0.496 e. The number of ether oxygens (including phenoxy) is 2. The number of unbranched alkanes of at least 4 members (excludes halogenated alkanes) is 2. The van der Waals surface area contributed by atoms with Crippen molar-refractivity contribution in [3.05, 3.63) is 53.1 Å². The van der Waals surface area contributed by atoms with Crippen molar-refractivity contribution in [2.24, 2.45) is 0 Å². The van der Waals surface area contributed by atoms with E-state index in [4.69, 9.17) is 9.47 Å². The molecule has 1 unspecified atom stereocenters. The van der Waals surface area contributed by atoms with Gasteiger partial charge in [-0.15, -0.1) is 11.8 Å². The van der Waals surface area contributed by atoms with E-state index >= 15 is 0 Å². The molecule has 36 heavy (non-hydrogen) atoms. The number of thioether (sulfide) groups is 1. The zero-order valence-electron chi connectivity index (χ0n) is 23.0. The second kappa shape index (κ2) is 14.3. The summed E-state index contributed by atoms with van der Waals surface area (Å²) in [6, 6.07) is 12.2. The van der Waals surface area contributed by atoms with E-state index in [9.17, 15) is 9.59 Å². The Labute approximate surface area is 221 Å². The van der Waals surface area contributed by atoms with Gasteiger partial charge >= 0.3 is 5.97 Å². The van der Waals surface area contributed by atoms with Crippen molar-refractivity contribution in [2.75, 3.05) is 25.3 Å². The monoisotopic (exact) mass is 513 g/mol. The highest BCUT2D eigenvalue weighted by atomic mass is 32.2. The molecule has 2 aromatic rings. The normalized spacial score (nSPS) is 12.2. The molecule has 2 aromatic carbocycles. The fraction of sp³-hybridized carbons (Fsp3) is 0.533. The van der Waals surface area contributed by atoms with Crippen molar-refractivity contribution in [3.63, 3.8) is 0 Å². The van der Waals surface area contributed by atoms with E-state index in [-0.39, 0.29) is 29.6 Å². The van der Waals surface area contributed by atoms with Crippen LogP contribution in [0.4, 0.5) is 5.69 Å². The predicted molar refractivity (Wildman–Crippen MR) is 150 cm³/mol. The maximum atomic E-state index is 13.4. The minimum atomic E-state index is -0.302. The second-order valence-electron chi connectivity index (χ2n) is 10.2. The Morgan fingerprint density at radius 1 is 1.03 bits per heavy atom. The van der Waals surface area contributed by atoms with Crippen LogP contribution in [0, 0.1) is 0 Å². The van der Waals surface area contributed by atoms with Gasteiger partial charge in [-0.1, -0.05) is 72.1 Å². The smallest absolute Gasteiger partial charge is 0.309 e. The number of anilines is 1. The van der Waals surface area contributed by atoms with Crippen LogP contribution in [0.2, 0.25) is 0 Å². The topological polar surface area (TPSA) is 64.6 Å². The zero-order valence-corrected chi connectivity index (χ0v) is 23.8. The van der Waals surface area contributed by atoms with Crippen LogP contribution in [-0.2, 0) is 26.2 Å². The lowest BCUT2D eigenvalue weighted by atomic mass is 9.84. The summed E-state index contributed by atoms with van der Waals surface area (Å²) >= 11 is 1.78. The summed E-state index contributed by atoms with van der Waals surface area (Å²) in [5.74, 6) is 1.56. The van der Waals surface area contributed by atoms with E-state index in [1.165, 1.54) is 12.0 Å². The van der Waals surface area contributed by atoms with Gasteiger partial charge in [-0.05, 0) is 58.4 Å². The average molecular weight is 514 g/mol. The van der Waals surface area contributed by atoms with Crippen molar-refractivity contribution in [1.29, 1.82) is 0 Å². The van der Waals surface area contributed by atoms with Crippen LogP contribution in [0.15, 0.2) is 41.3 Å². The van der Waals surface area contributed by atoms with Gasteiger partial charge in [-0.2, -0.15) is 0 Å². The molecule has 5 nitrogen and oxygen atoms in total. The van der Waals surface area contributed by atoms with Crippen LogP contribution in [0.25, 0.3) is 0 Å². The number of amides is 1. The van der Waals surface area contributed by atoms with Gasteiger partial charge < -0.3 is 14.8 Å². The number of benzene rings is 2. The quantitative estimate of drug-likeness (QED) is 0.170. The number of rotatable bonds is 13. The van der Waals surface area contributed by atoms with Crippen molar-refractivity contribution in [3.8, 4) is 5.75 Å². The Bertz CT molecular complexity index is 1010. The third-order valence-electron chi connectivity index (χ3n) is 6.29. The van der Waals surface area contributed by atoms with Gasteiger partial charge in [0.1, 0.15) is 5.75 Å². The van der Waals surface area contributed by atoms with Crippen LogP contribution in [-0.4, -0.2) is 31.8 Å². The maximum absolute atomic E-state index is 13.4. The van der Waals surface area contributed by atoms with Gasteiger partial charge in [0.25, 0.3) is 0 Å². The zero-order chi connectivity index (χ0) is 26.7. The fourth-order valence-corrected chi connectivity index (χ4v) is 5.10. The standard InChI is InChI=1S/C30H43NO4S/c1-8-10-11-12-22(24-15-14-23(36-9-2)20-27(24)34-6)19-28(32)31-26-17-21(18-29(33)35-7)13-16-25(26)30(3,4)5/h13-17,20,22H,8-12,18-19H2,1-7H3,(H,31,32). The van der Waals surface area contributed by atoms with Crippen LogP contribution in [0.3, 0.4) is 0 Å².